The number of nitrogens with zero attached hydrogens (tertiary/aromatic N) is 4. The molecule has 0 atom stereocenters. The Bertz CT molecular complexity index is 396. The van der Waals surface area contributed by atoms with Crippen LogP contribution in [0.5, 0.6) is 0 Å². The van der Waals surface area contributed by atoms with Gasteiger partial charge in [0.2, 0.25) is 0 Å². The molecule has 2 heterocycles. The number of carbonyl (C=O) groups excluding carboxylic acids is 1. The van der Waals surface area contributed by atoms with Crippen LogP contribution < -0.4 is 4.90 Å². The summed E-state index contributed by atoms with van der Waals surface area (Å²) in [5.41, 5.74) is 0.633. The molecular weight excluding hydrogens is 240 g/mol. The fraction of sp³-hybridized carbons (Fsp3) is 0.571. The molecule has 0 saturated carbocycles. The van der Waals surface area contributed by atoms with Crippen LogP contribution in [0.1, 0.15) is 10.4 Å². The monoisotopic (exact) mass is 262 g/mol. The number of pyridine rings is 1. The van der Waals surface area contributed by atoms with Gasteiger partial charge in [0, 0.05) is 51.0 Å². The molecule has 1 aromatic rings. The quantitative estimate of drug-likeness (QED) is 0.726. The molecule has 0 spiro atoms. The van der Waals surface area contributed by atoms with Gasteiger partial charge in [-0.3, -0.25) is 9.69 Å². The summed E-state index contributed by atoms with van der Waals surface area (Å²) in [5, 5.41) is 0. The van der Waals surface area contributed by atoms with Crippen LogP contribution in [0.25, 0.3) is 0 Å². The normalized spacial score (nSPS) is 16.9. The first-order chi connectivity index (χ1) is 9.19. The Morgan fingerprint density at radius 1 is 1.26 bits per heavy atom. The third-order valence-corrected chi connectivity index (χ3v) is 3.47. The average Bonchev–Trinajstić information content (AvgIpc) is 2.46. The molecule has 0 amide bonds. The van der Waals surface area contributed by atoms with E-state index in [1.165, 1.54) is 0 Å². The van der Waals surface area contributed by atoms with Crippen LogP contribution in [0.3, 0.4) is 0 Å². The number of anilines is 1. The van der Waals surface area contributed by atoms with Crippen molar-refractivity contribution in [3.05, 3.63) is 23.9 Å². The zero-order chi connectivity index (χ0) is 13.7. The Kier molecular flexibility index (Phi) is 4.87. The van der Waals surface area contributed by atoms with E-state index in [0.717, 1.165) is 51.4 Å². The Hall–Kier alpha value is -1.46. The molecule has 1 saturated heterocycles. The van der Waals surface area contributed by atoms with Gasteiger partial charge in [-0.1, -0.05) is 0 Å². The highest BCUT2D eigenvalue weighted by Gasteiger charge is 2.17. The predicted octanol–water partition coefficient (Wildman–Crippen LogP) is 0.578. The molecule has 0 radical (unpaired) electrons. The predicted molar refractivity (Wildman–Crippen MR) is 76.8 cm³/mol. The lowest BCUT2D eigenvalue weighted by atomic mass is 10.2. The van der Waals surface area contributed by atoms with E-state index in [2.05, 4.69) is 33.8 Å². The summed E-state index contributed by atoms with van der Waals surface area (Å²) < 4.78 is 0. The number of aromatic nitrogens is 1. The van der Waals surface area contributed by atoms with E-state index < -0.39 is 0 Å². The Labute approximate surface area is 114 Å². The van der Waals surface area contributed by atoms with Crippen molar-refractivity contribution in [2.45, 2.75) is 0 Å². The highest BCUT2D eigenvalue weighted by atomic mass is 16.1. The summed E-state index contributed by atoms with van der Waals surface area (Å²) in [4.78, 5) is 21.9. The fourth-order valence-corrected chi connectivity index (χ4v) is 2.20. The minimum atomic E-state index is 0.633. The topological polar surface area (TPSA) is 39.7 Å². The first-order valence-corrected chi connectivity index (χ1v) is 6.72. The minimum Gasteiger partial charge on any atom is -0.354 e. The lowest BCUT2D eigenvalue weighted by molar-refractivity contribution is 0.112. The number of likely N-dealkylation sites (N-methyl/N-ethyl adjacent to an activating group) is 1. The number of piperazine rings is 1. The van der Waals surface area contributed by atoms with Crippen molar-refractivity contribution in [3.8, 4) is 0 Å². The first-order valence-electron chi connectivity index (χ1n) is 6.72. The molecule has 1 aromatic heterocycles. The lowest BCUT2D eigenvalue weighted by Crippen LogP contribution is -2.48. The summed E-state index contributed by atoms with van der Waals surface area (Å²) >= 11 is 0. The van der Waals surface area contributed by atoms with Crippen LogP contribution in [0.15, 0.2) is 18.3 Å². The molecule has 104 valence electrons. The third kappa shape index (κ3) is 4.01. The molecule has 1 aliphatic rings. The van der Waals surface area contributed by atoms with Gasteiger partial charge < -0.3 is 9.80 Å². The first kappa shape index (κ1) is 14.0. The van der Waals surface area contributed by atoms with Crippen molar-refractivity contribution in [1.29, 1.82) is 0 Å². The number of hydrogen-bond donors (Lipinski definition) is 0. The van der Waals surface area contributed by atoms with Gasteiger partial charge in [-0.05, 0) is 26.2 Å². The Morgan fingerprint density at radius 3 is 2.53 bits per heavy atom. The standard InChI is InChI=1S/C14H22N4O/c1-16(2)5-6-17-7-9-18(10-8-17)14-4-3-13(12-19)11-15-14/h3-4,11-12H,5-10H2,1-2H3. The SMILES string of the molecule is CN(C)CCN1CCN(c2ccc(C=O)cn2)CC1. The van der Waals surface area contributed by atoms with E-state index in [-0.39, 0.29) is 0 Å². The number of hydrogen-bond acceptors (Lipinski definition) is 5. The van der Waals surface area contributed by atoms with Crippen LogP contribution in [-0.4, -0.2) is 74.4 Å². The summed E-state index contributed by atoms with van der Waals surface area (Å²) in [6, 6.07) is 3.76. The van der Waals surface area contributed by atoms with E-state index in [9.17, 15) is 4.79 Å². The maximum absolute atomic E-state index is 10.6. The van der Waals surface area contributed by atoms with Crippen molar-refractivity contribution < 1.29 is 4.79 Å². The van der Waals surface area contributed by atoms with E-state index >= 15 is 0 Å². The van der Waals surface area contributed by atoms with Gasteiger partial charge in [0.1, 0.15) is 5.82 Å². The van der Waals surface area contributed by atoms with Crippen LogP contribution in [-0.2, 0) is 0 Å². The zero-order valence-electron chi connectivity index (χ0n) is 11.7. The van der Waals surface area contributed by atoms with Crippen molar-refractivity contribution in [1.82, 2.24) is 14.8 Å². The van der Waals surface area contributed by atoms with Crippen LogP contribution in [0.4, 0.5) is 5.82 Å². The smallest absolute Gasteiger partial charge is 0.151 e. The third-order valence-electron chi connectivity index (χ3n) is 3.47. The summed E-state index contributed by atoms with van der Waals surface area (Å²) in [5.74, 6) is 0.970. The van der Waals surface area contributed by atoms with E-state index in [4.69, 9.17) is 0 Å². The van der Waals surface area contributed by atoms with E-state index in [0.29, 0.717) is 5.56 Å². The number of aldehydes is 1. The summed E-state index contributed by atoms with van der Waals surface area (Å²) in [7, 11) is 4.21. The van der Waals surface area contributed by atoms with Crippen molar-refractivity contribution in [2.75, 3.05) is 58.3 Å². The minimum absolute atomic E-state index is 0.633. The van der Waals surface area contributed by atoms with Crippen LogP contribution in [0.2, 0.25) is 0 Å². The second-order valence-corrected chi connectivity index (χ2v) is 5.20. The highest BCUT2D eigenvalue weighted by Crippen LogP contribution is 2.13. The zero-order valence-corrected chi connectivity index (χ0v) is 11.7. The van der Waals surface area contributed by atoms with Gasteiger partial charge >= 0.3 is 0 Å². The number of carbonyl (C=O) groups is 1. The lowest BCUT2D eigenvalue weighted by Gasteiger charge is -2.35. The molecule has 19 heavy (non-hydrogen) atoms. The van der Waals surface area contributed by atoms with Gasteiger partial charge in [-0.15, -0.1) is 0 Å². The maximum Gasteiger partial charge on any atom is 0.151 e. The second kappa shape index (κ2) is 6.63. The van der Waals surface area contributed by atoms with Crippen LogP contribution in [0, 0.1) is 0 Å². The maximum atomic E-state index is 10.6. The Morgan fingerprint density at radius 2 is 2.00 bits per heavy atom. The molecule has 0 unspecified atom stereocenters. The van der Waals surface area contributed by atoms with Gasteiger partial charge in [-0.2, -0.15) is 0 Å². The molecular formula is C14H22N4O. The van der Waals surface area contributed by atoms with E-state index in [1.54, 1.807) is 6.20 Å². The molecule has 1 fully saturated rings. The fourth-order valence-electron chi connectivity index (χ4n) is 2.20. The molecule has 0 aliphatic carbocycles. The molecule has 0 bridgehead atoms. The Balaban J connectivity index is 1.83. The molecule has 1 aliphatic heterocycles. The van der Waals surface area contributed by atoms with Crippen molar-refractivity contribution in [2.24, 2.45) is 0 Å². The molecule has 0 N–H and O–H groups in total. The number of rotatable bonds is 5. The van der Waals surface area contributed by atoms with Crippen molar-refractivity contribution >= 4 is 12.1 Å². The summed E-state index contributed by atoms with van der Waals surface area (Å²) in [6.07, 6.45) is 2.47. The summed E-state index contributed by atoms with van der Waals surface area (Å²) in [6.45, 7) is 6.38. The molecule has 5 heteroatoms. The van der Waals surface area contributed by atoms with E-state index in [1.807, 2.05) is 12.1 Å². The second-order valence-electron chi connectivity index (χ2n) is 5.20. The van der Waals surface area contributed by atoms with Gasteiger partial charge in [0.05, 0.1) is 0 Å². The van der Waals surface area contributed by atoms with Crippen molar-refractivity contribution in [3.63, 3.8) is 0 Å². The van der Waals surface area contributed by atoms with Gasteiger partial charge in [0.25, 0.3) is 0 Å². The average molecular weight is 262 g/mol. The van der Waals surface area contributed by atoms with Crippen LogP contribution >= 0.6 is 0 Å². The molecule has 5 nitrogen and oxygen atoms in total. The largest absolute Gasteiger partial charge is 0.354 e. The molecule has 0 aromatic carbocycles. The molecule has 2 rings (SSSR count). The van der Waals surface area contributed by atoms with Gasteiger partial charge in [-0.25, -0.2) is 4.98 Å². The van der Waals surface area contributed by atoms with Gasteiger partial charge in [0.15, 0.2) is 6.29 Å². The highest BCUT2D eigenvalue weighted by molar-refractivity contribution is 5.74.